The number of benzene rings is 1. The summed E-state index contributed by atoms with van der Waals surface area (Å²) < 4.78 is 6.68. The zero-order valence-corrected chi connectivity index (χ0v) is 24.0. The van der Waals surface area contributed by atoms with E-state index in [-0.39, 0.29) is 17.3 Å². The first-order valence-corrected chi connectivity index (χ1v) is 15.9. The average molecular weight is 516 g/mol. The van der Waals surface area contributed by atoms with E-state index in [2.05, 4.69) is 57.2 Å². The lowest BCUT2D eigenvalue weighted by Gasteiger charge is -2.28. The quantitative estimate of drug-likeness (QED) is 0.139. The van der Waals surface area contributed by atoms with Crippen LogP contribution >= 0.6 is 0 Å². The van der Waals surface area contributed by atoms with Crippen molar-refractivity contribution in [1.29, 1.82) is 0 Å². The minimum atomic E-state index is -0.772. The molecule has 1 aromatic carbocycles. The van der Waals surface area contributed by atoms with Crippen molar-refractivity contribution in [2.75, 3.05) is 5.75 Å². The Kier molecular flexibility index (Phi) is 15.2. The van der Waals surface area contributed by atoms with Crippen LogP contribution in [0.25, 0.3) is 0 Å². The van der Waals surface area contributed by atoms with Gasteiger partial charge in [-0.1, -0.05) is 108 Å². The monoisotopic (exact) mass is 515 g/mol. The highest BCUT2D eigenvalue weighted by Gasteiger charge is 2.43. The molecule has 0 aliphatic heterocycles. The maximum Gasteiger partial charge on any atom is 0.314 e. The summed E-state index contributed by atoms with van der Waals surface area (Å²) in [6.45, 7) is 6.54. The Morgan fingerprint density at radius 3 is 2.39 bits per heavy atom. The van der Waals surface area contributed by atoms with Gasteiger partial charge in [-0.25, -0.2) is 0 Å². The molecule has 0 bridgehead atoms. The summed E-state index contributed by atoms with van der Waals surface area (Å²) in [5.41, 5.74) is 0.648. The molecule has 0 saturated carbocycles. The number of aliphatic carboxylic acids is 1. The SMILES string of the molecule is CCCCCCCCC(C)O[S+](CCCCCCc1ccccc1)C1=CC=CC(CCC)(C(=O)O)C1. The lowest BCUT2D eigenvalue weighted by molar-refractivity contribution is -0.146. The van der Waals surface area contributed by atoms with Crippen molar-refractivity contribution in [3.8, 4) is 0 Å². The number of aryl methyl sites for hydroxylation is 1. The Bertz CT molecular complexity index is 788. The number of unbranched alkanes of at least 4 members (excludes halogenated alkanes) is 8. The van der Waals surface area contributed by atoms with Crippen LogP contribution in [0.15, 0.2) is 53.5 Å². The molecule has 1 aliphatic rings. The van der Waals surface area contributed by atoms with E-state index in [0.29, 0.717) is 12.8 Å². The van der Waals surface area contributed by atoms with Crippen molar-refractivity contribution in [2.45, 2.75) is 123 Å². The van der Waals surface area contributed by atoms with Crippen molar-refractivity contribution in [3.05, 3.63) is 59.0 Å². The smallest absolute Gasteiger partial charge is 0.314 e. The fourth-order valence-corrected chi connectivity index (χ4v) is 7.15. The Labute approximate surface area is 224 Å². The van der Waals surface area contributed by atoms with Crippen molar-refractivity contribution >= 4 is 17.1 Å². The molecule has 0 spiro atoms. The summed E-state index contributed by atoms with van der Waals surface area (Å²) in [4.78, 5) is 13.4. The van der Waals surface area contributed by atoms with Gasteiger partial charge in [0.15, 0.2) is 16.1 Å². The minimum Gasteiger partial charge on any atom is -0.481 e. The first-order chi connectivity index (χ1) is 17.5. The largest absolute Gasteiger partial charge is 0.481 e. The molecule has 3 nitrogen and oxygen atoms in total. The third-order valence-corrected chi connectivity index (χ3v) is 9.32. The van der Waals surface area contributed by atoms with E-state index in [1.54, 1.807) is 0 Å². The zero-order chi connectivity index (χ0) is 26.1. The van der Waals surface area contributed by atoms with E-state index < -0.39 is 11.4 Å². The molecule has 0 radical (unpaired) electrons. The van der Waals surface area contributed by atoms with Crippen molar-refractivity contribution in [3.63, 3.8) is 0 Å². The molecular weight excluding hydrogens is 464 g/mol. The van der Waals surface area contributed by atoms with Crippen LogP contribution in [0.4, 0.5) is 0 Å². The predicted molar refractivity (Wildman–Crippen MR) is 156 cm³/mol. The molecule has 1 aliphatic carbocycles. The van der Waals surface area contributed by atoms with E-state index in [1.165, 1.54) is 68.3 Å². The molecule has 3 atom stereocenters. The highest BCUT2D eigenvalue weighted by Crippen LogP contribution is 2.40. The second kappa shape index (κ2) is 17.9. The number of hydrogen-bond donors (Lipinski definition) is 1. The number of hydrogen-bond acceptors (Lipinski definition) is 2. The molecular formula is C32H51O3S+. The summed E-state index contributed by atoms with van der Waals surface area (Å²) in [5.74, 6) is 0.309. The number of carboxylic acid groups (broad SMARTS) is 1. The zero-order valence-electron chi connectivity index (χ0n) is 23.2. The highest BCUT2D eigenvalue weighted by molar-refractivity contribution is 7.96. The number of carboxylic acids is 1. The van der Waals surface area contributed by atoms with Crippen LogP contribution in [0.5, 0.6) is 0 Å². The molecule has 1 N–H and O–H groups in total. The van der Waals surface area contributed by atoms with Crippen LogP contribution in [0.1, 0.15) is 116 Å². The maximum absolute atomic E-state index is 12.2. The third-order valence-electron chi connectivity index (χ3n) is 7.23. The third kappa shape index (κ3) is 11.3. The highest BCUT2D eigenvalue weighted by atomic mass is 32.2. The maximum atomic E-state index is 12.2. The van der Waals surface area contributed by atoms with E-state index in [1.807, 2.05) is 12.2 Å². The van der Waals surface area contributed by atoms with Crippen molar-refractivity contribution in [2.24, 2.45) is 5.41 Å². The normalized spacial score (nSPS) is 19.1. The van der Waals surface area contributed by atoms with Gasteiger partial charge in [0.2, 0.25) is 0 Å². The van der Waals surface area contributed by atoms with Crippen molar-refractivity contribution < 1.29 is 14.1 Å². The Hall–Kier alpha value is -1.52. The fourth-order valence-electron chi connectivity index (χ4n) is 5.06. The number of carbonyl (C=O) groups is 1. The Morgan fingerprint density at radius 2 is 1.67 bits per heavy atom. The minimum absolute atomic E-state index is 0.217. The van der Waals surface area contributed by atoms with Gasteiger partial charge in [-0.05, 0) is 57.1 Å². The summed E-state index contributed by atoms with van der Waals surface area (Å²) in [6, 6.07) is 10.7. The van der Waals surface area contributed by atoms with Crippen molar-refractivity contribution in [1.82, 2.24) is 0 Å². The van der Waals surface area contributed by atoms with E-state index >= 15 is 0 Å². The first kappa shape index (κ1) is 30.7. The van der Waals surface area contributed by atoms with Gasteiger partial charge in [0.05, 0.1) is 5.41 Å². The first-order valence-electron chi connectivity index (χ1n) is 14.5. The van der Waals surface area contributed by atoms with Gasteiger partial charge in [0, 0.05) is 6.42 Å². The van der Waals surface area contributed by atoms with Crippen LogP contribution in [-0.4, -0.2) is 22.9 Å². The Morgan fingerprint density at radius 1 is 0.972 bits per heavy atom. The molecule has 0 amide bonds. The number of rotatable bonds is 20. The van der Waals surface area contributed by atoms with Gasteiger partial charge in [-0.3, -0.25) is 4.79 Å². The number of allylic oxidation sites excluding steroid dienone is 3. The van der Waals surface area contributed by atoms with Gasteiger partial charge >= 0.3 is 5.97 Å². The molecule has 0 saturated heterocycles. The van der Waals surface area contributed by atoms with Gasteiger partial charge in [-0.2, -0.15) is 4.18 Å². The molecule has 4 heteroatoms. The molecule has 36 heavy (non-hydrogen) atoms. The molecule has 0 heterocycles. The summed E-state index contributed by atoms with van der Waals surface area (Å²) in [7, 11) is 0. The molecule has 1 aromatic rings. The average Bonchev–Trinajstić information content (AvgIpc) is 2.88. The lowest BCUT2D eigenvalue weighted by Crippen LogP contribution is -2.33. The van der Waals surface area contributed by atoms with Crippen LogP contribution in [0, 0.1) is 5.41 Å². The second-order valence-corrected chi connectivity index (χ2v) is 12.4. The second-order valence-electron chi connectivity index (χ2n) is 10.5. The van der Waals surface area contributed by atoms with Gasteiger partial charge in [0.1, 0.15) is 11.9 Å². The van der Waals surface area contributed by atoms with Crippen LogP contribution in [0.3, 0.4) is 0 Å². The molecule has 0 aromatic heterocycles. The lowest BCUT2D eigenvalue weighted by atomic mass is 9.78. The van der Waals surface area contributed by atoms with Gasteiger partial charge in [-0.15, -0.1) is 0 Å². The molecule has 202 valence electrons. The topological polar surface area (TPSA) is 46.5 Å². The van der Waals surface area contributed by atoms with E-state index in [0.717, 1.165) is 31.4 Å². The summed E-state index contributed by atoms with van der Waals surface area (Å²) >= 11 is -0.313. The fraction of sp³-hybridized carbons (Fsp3) is 0.656. The molecule has 3 unspecified atom stereocenters. The predicted octanol–water partition coefficient (Wildman–Crippen LogP) is 9.19. The summed E-state index contributed by atoms with van der Waals surface area (Å²) in [6.07, 6.45) is 23.2. The molecule has 2 rings (SSSR count). The molecule has 0 fully saturated rings. The summed E-state index contributed by atoms with van der Waals surface area (Å²) in [5, 5.41) is 10.1. The standard InChI is InChI=1S/C32H50O3S/c1-4-6-7-8-9-13-19-28(3)35-36(26-17-11-10-14-20-29-21-15-12-16-22-29)30-23-18-25-32(27-30,24-5-2)31(33)34/h12,15-16,18,21-23,25,28H,4-11,13-14,17,19-20,24,26-27H2,1-3H3/p+1. The van der Waals surface area contributed by atoms with Crippen LogP contribution in [0.2, 0.25) is 0 Å². The van der Waals surface area contributed by atoms with E-state index in [4.69, 9.17) is 4.18 Å². The van der Waals surface area contributed by atoms with Crippen LogP contribution in [-0.2, 0) is 26.6 Å². The van der Waals surface area contributed by atoms with Gasteiger partial charge in [0.25, 0.3) is 0 Å². The van der Waals surface area contributed by atoms with Gasteiger partial charge < -0.3 is 5.11 Å². The Balaban J connectivity index is 1.89. The van der Waals surface area contributed by atoms with Crippen LogP contribution < -0.4 is 0 Å². The van der Waals surface area contributed by atoms with E-state index in [9.17, 15) is 9.90 Å².